The van der Waals surface area contributed by atoms with Crippen molar-refractivity contribution in [2.75, 3.05) is 0 Å². The van der Waals surface area contributed by atoms with Crippen molar-refractivity contribution >= 4 is 18.3 Å². The maximum atomic E-state index is 12.5. The number of nitrogens with one attached hydrogen (secondary N) is 2. The highest BCUT2D eigenvalue weighted by Gasteiger charge is 2.38. The summed E-state index contributed by atoms with van der Waals surface area (Å²) >= 11 is 0. The predicted molar refractivity (Wildman–Crippen MR) is 97.7 cm³/mol. The molecule has 3 unspecified atom stereocenters. The van der Waals surface area contributed by atoms with Gasteiger partial charge in [0.05, 0.1) is 12.6 Å². The second kappa shape index (κ2) is 7.97. The lowest BCUT2D eigenvalue weighted by Gasteiger charge is -2.24. The van der Waals surface area contributed by atoms with Gasteiger partial charge in [-0.1, -0.05) is 31.0 Å². The summed E-state index contributed by atoms with van der Waals surface area (Å²) in [7, 11) is 0. The third kappa shape index (κ3) is 3.85. The molecule has 0 bridgehead atoms. The molecule has 6 nitrogen and oxygen atoms in total. The van der Waals surface area contributed by atoms with Gasteiger partial charge in [0.2, 0.25) is 5.91 Å². The Morgan fingerprint density at radius 2 is 2.04 bits per heavy atom. The van der Waals surface area contributed by atoms with Crippen LogP contribution in [0, 0.1) is 5.92 Å². The van der Waals surface area contributed by atoms with Crippen molar-refractivity contribution in [3.05, 3.63) is 42.5 Å². The summed E-state index contributed by atoms with van der Waals surface area (Å²) in [5, 5.41) is 14.7. The third-order valence-electron chi connectivity index (χ3n) is 5.25. The summed E-state index contributed by atoms with van der Waals surface area (Å²) in [6, 6.07) is 10.4. The van der Waals surface area contributed by atoms with Crippen LogP contribution in [0.15, 0.2) is 36.7 Å². The summed E-state index contributed by atoms with van der Waals surface area (Å²) in [4.78, 5) is 12.5. The van der Waals surface area contributed by atoms with Crippen LogP contribution in [0.2, 0.25) is 0 Å². The average Bonchev–Trinajstić information content (AvgIpc) is 3.27. The van der Waals surface area contributed by atoms with Crippen molar-refractivity contribution in [3.63, 3.8) is 0 Å². The molecule has 1 aliphatic heterocycles. The molecule has 1 aromatic heterocycles. The number of hydrogen-bond donors (Lipinski definition) is 2. The monoisotopic (exact) mass is 361 g/mol. The molecule has 2 heterocycles. The first-order chi connectivity index (χ1) is 11.8. The Balaban J connectivity index is 0.00000182. The molecule has 1 saturated heterocycles. The number of hydrogen-bond acceptors (Lipinski definition) is 4. The van der Waals surface area contributed by atoms with Gasteiger partial charge in [0, 0.05) is 11.7 Å². The van der Waals surface area contributed by atoms with Gasteiger partial charge in [-0.25, -0.2) is 0 Å². The summed E-state index contributed by atoms with van der Waals surface area (Å²) in [5.74, 6) is 1.49. The van der Waals surface area contributed by atoms with Gasteiger partial charge in [0.1, 0.15) is 6.33 Å². The summed E-state index contributed by atoms with van der Waals surface area (Å²) < 4.78 is 1.90. The zero-order valence-corrected chi connectivity index (χ0v) is 14.9. The molecule has 134 valence electrons. The molecule has 25 heavy (non-hydrogen) atoms. The Bertz CT molecular complexity index is 691. The van der Waals surface area contributed by atoms with E-state index in [1.54, 1.807) is 6.33 Å². The number of fused-ring (bicyclic) bond motifs is 1. The largest absolute Gasteiger partial charge is 0.347 e. The van der Waals surface area contributed by atoms with E-state index in [2.05, 4.69) is 20.8 Å². The van der Waals surface area contributed by atoms with Crippen molar-refractivity contribution in [2.24, 2.45) is 5.92 Å². The van der Waals surface area contributed by atoms with E-state index >= 15 is 0 Å². The van der Waals surface area contributed by atoms with Crippen LogP contribution in [0.4, 0.5) is 0 Å². The second-order valence-corrected chi connectivity index (χ2v) is 6.78. The number of benzene rings is 1. The summed E-state index contributed by atoms with van der Waals surface area (Å²) in [6.07, 6.45) is 7.68. The van der Waals surface area contributed by atoms with Crippen molar-refractivity contribution in [1.29, 1.82) is 0 Å². The van der Waals surface area contributed by atoms with Crippen LogP contribution < -0.4 is 10.6 Å². The SMILES string of the molecule is Cl.O=C(NCc1nncn1-c1ccccc1)C1CC2CCCCC2N1. The van der Waals surface area contributed by atoms with E-state index in [1.165, 1.54) is 25.7 Å². The zero-order valence-electron chi connectivity index (χ0n) is 14.1. The number of rotatable bonds is 4. The number of carbonyl (C=O) groups excluding carboxylic acids is 1. The van der Waals surface area contributed by atoms with Gasteiger partial charge in [-0.3, -0.25) is 9.36 Å². The number of amides is 1. The van der Waals surface area contributed by atoms with Crippen LogP contribution in [0.5, 0.6) is 0 Å². The number of aromatic nitrogens is 3. The Hall–Kier alpha value is -1.92. The Labute approximate surface area is 153 Å². The molecule has 4 rings (SSSR count). The van der Waals surface area contributed by atoms with Gasteiger partial charge >= 0.3 is 0 Å². The predicted octanol–water partition coefficient (Wildman–Crippen LogP) is 2.23. The molecule has 2 fully saturated rings. The molecular weight excluding hydrogens is 338 g/mol. The third-order valence-corrected chi connectivity index (χ3v) is 5.25. The van der Waals surface area contributed by atoms with E-state index in [-0.39, 0.29) is 24.4 Å². The second-order valence-electron chi connectivity index (χ2n) is 6.78. The normalized spacial score (nSPS) is 25.0. The number of halogens is 1. The highest BCUT2D eigenvalue weighted by molar-refractivity contribution is 5.85. The van der Waals surface area contributed by atoms with Gasteiger partial charge in [-0.15, -0.1) is 22.6 Å². The first kappa shape index (κ1) is 17.9. The first-order valence-electron chi connectivity index (χ1n) is 8.79. The van der Waals surface area contributed by atoms with Crippen LogP contribution in [-0.2, 0) is 11.3 Å². The highest BCUT2D eigenvalue weighted by atomic mass is 35.5. The van der Waals surface area contributed by atoms with Crippen molar-refractivity contribution in [3.8, 4) is 5.69 Å². The standard InChI is InChI=1S/C18H23N5O.ClH/c24-18(16-10-13-6-4-5-9-15(13)21-16)19-11-17-22-20-12-23(17)14-7-2-1-3-8-14;/h1-3,7-8,12-13,15-16,21H,4-6,9-11H2,(H,19,24);1H. The van der Waals surface area contributed by atoms with Crippen LogP contribution in [0.1, 0.15) is 37.9 Å². The maximum absolute atomic E-state index is 12.5. The van der Waals surface area contributed by atoms with E-state index < -0.39 is 0 Å². The van der Waals surface area contributed by atoms with Gasteiger partial charge in [-0.2, -0.15) is 0 Å². The smallest absolute Gasteiger partial charge is 0.237 e. The molecule has 0 spiro atoms. The van der Waals surface area contributed by atoms with E-state index in [9.17, 15) is 4.79 Å². The molecule has 2 aliphatic rings. The van der Waals surface area contributed by atoms with E-state index in [4.69, 9.17) is 0 Å². The molecule has 1 amide bonds. The van der Waals surface area contributed by atoms with Crippen LogP contribution in [0.3, 0.4) is 0 Å². The quantitative estimate of drug-likeness (QED) is 0.876. The van der Waals surface area contributed by atoms with E-state index in [1.807, 2.05) is 34.9 Å². The van der Waals surface area contributed by atoms with E-state index in [0.717, 1.165) is 17.9 Å². The molecule has 1 saturated carbocycles. The van der Waals surface area contributed by atoms with Gasteiger partial charge < -0.3 is 10.6 Å². The number of nitrogens with zero attached hydrogens (tertiary/aromatic N) is 3. The van der Waals surface area contributed by atoms with Gasteiger partial charge in [0.25, 0.3) is 0 Å². The first-order valence-corrected chi connectivity index (χ1v) is 8.79. The fourth-order valence-corrected chi connectivity index (χ4v) is 3.99. The molecule has 2 N–H and O–H groups in total. The lowest BCUT2D eigenvalue weighted by Crippen LogP contribution is -2.43. The fourth-order valence-electron chi connectivity index (χ4n) is 3.99. The number of carbonyl (C=O) groups is 1. The van der Waals surface area contributed by atoms with Crippen LogP contribution >= 0.6 is 12.4 Å². The lowest BCUT2D eigenvalue weighted by molar-refractivity contribution is -0.123. The maximum Gasteiger partial charge on any atom is 0.237 e. The molecule has 3 atom stereocenters. The summed E-state index contributed by atoms with van der Waals surface area (Å²) in [6.45, 7) is 0.390. The Morgan fingerprint density at radius 1 is 1.24 bits per heavy atom. The minimum atomic E-state index is -0.0637. The highest BCUT2D eigenvalue weighted by Crippen LogP contribution is 2.33. The van der Waals surface area contributed by atoms with Crippen molar-refractivity contribution < 1.29 is 4.79 Å². The minimum absolute atomic E-state index is 0. The molecule has 1 aromatic carbocycles. The van der Waals surface area contributed by atoms with Crippen molar-refractivity contribution in [1.82, 2.24) is 25.4 Å². The minimum Gasteiger partial charge on any atom is -0.347 e. The topological polar surface area (TPSA) is 71.8 Å². The molecule has 1 aliphatic carbocycles. The number of para-hydroxylation sites is 1. The average molecular weight is 362 g/mol. The van der Waals surface area contributed by atoms with Gasteiger partial charge in [-0.05, 0) is 37.3 Å². The molecular formula is C18H24ClN5O. The zero-order chi connectivity index (χ0) is 16.4. The molecule has 0 radical (unpaired) electrons. The van der Waals surface area contributed by atoms with Crippen LogP contribution in [-0.4, -0.2) is 32.8 Å². The lowest BCUT2D eigenvalue weighted by atomic mass is 9.85. The molecule has 2 aromatic rings. The molecule has 7 heteroatoms. The Kier molecular flexibility index (Phi) is 5.71. The van der Waals surface area contributed by atoms with Crippen LogP contribution in [0.25, 0.3) is 5.69 Å². The summed E-state index contributed by atoms with van der Waals surface area (Å²) in [5.41, 5.74) is 0.997. The van der Waals surface area contributed by atoms with Gasteiger partial charge in [0.15, 0.2) is 5.82 Å². The van der Waals surface area contributed by atoms with E-state index in [0.29, 0.717) is 18.5 Å². The van der Waals surface area contributed by atoms with Crippen molar-refractivity contribution in [2.45, 2.75) is 50.7 Å². The Morgan fingerprint density at radius 3 is 2.84 bits per heavy atom. The fraction of sp³-hybridized carbons (Fsp3) is 0.500.